The summed E-state index contributed by atoms with van der Waals surface area (Å²) in [7, 11) is 0. The number of benzene rings is 1. The van der Waals surface area contributed by atoms with Gasteiger partial charge in [0.25, 0.3) is 5.56 Å². The lowest BCUT2D eigenvalue weighted by molar-refractivity contribution is 0.895. The molecule has 4 heteroatoms. The van der Waals surface area contributed by atoms with Crippen LogP contribution in [0.1, 0.15) is 5.69 Å². The summed E-state index contributed by atoms with van der Waals surface area (Å²) in [6.07, 6.45) is 0. The Kier molecular flexibility index (Phi) is 1.48. The third kappa shape index (κ3) is 1.08. The molecule has 0 spiro atoms. The predicted octanol–water partition coefficient (Wildman–Crippen LogP) is 1.48. The standard InChI is InChI=1S/C11H9N3O/c1-7-6-10-12-9-5-3-2-4-8(9)11(15)14(10)13-7/h2-6,13H,1H3. The van der Waals surface area contributed by atoms with Crippen LogP contribution in [0, 0.1) is 6.92 Å². The van der Waals surface area contributed by atoms with Gasteiger partial charge in [-0.25, -0.2) is 9.50 Å². The van der Waals surface area contributed by atoms with E-state index in [1.807, 2.05) is 31.2 Å². The largest absolute Gasteiger partial charge is 0.294 e. The third-order valence-corrected chi connectivity index (χ3v) is 2.44. The fraction of sp³-hybridized carbons (Fsp3) is 0.0909. The molecule has 0 atom stereocenters. The van der Waals surface area contributed by atoms with Gasteiger partial charge < -0.3 is 0 Å². The molecular formula is C11H9N3O. The molecule has 0 fully saturated rings. The molecule has 4 nitrogen and oxygen atoms in total. The molecule has 0 unspecified atom stereocenters. The monoisotopic (exact) mass is 199 g/mol. The van der Waals surface area contributed by atoms with E-state index in [0.29, 0.717) is 11.0 Å². The van der Waals surface area contributed by atoms with Gasteiger partial charge in [0.05, 0.1) is 10.9 Å². The fourth-order valence-corrected chi connectivity index (χ4v) is 1.76. The van der Waals surface area contributed by atoms with Crippen LogP contribution in [0.5, 0.6) is 0 Å². The first-order valence-electron chi connectivity index (χ1n) is 4.73. The molecule has 0 aliphatic carbocycles. The maximum atomic E-state index is 12.0. The van der Waals surface area contributed by atoms with E-state index in [-0.39, 0.29) is 5.56 Å². The number of nitrogens with one attached hydrogen (secondary N) is 1. The van der Waals surface area contributed by atoms with Crippen LogP contribution in [-0.4, -0.2) is 14.6 Å². The average molecular weight is 199 g/mol. The summed E-state index contributed by atoms with van der Waals surface area (Å²) in [6.45, 7) is 1.90. The lowest BCUT2D eigenvalue weighted by Crippen LogP contribution is -2.15. The molecule has 0 aliphatic heterocycles. The molecule has 3 aromatic rings. The maximum absolute atomic E-state index is 12.0. The molecule has 0 bridgehead atoms. The van der Waals surface area contributed by atoms with E-state index >= 15 is 0 Å². The number of nitrogens with zero attached hydrogens (tertiary/aromatic N) is 2. The van der Waals surface area contributed by atoms with Crippen molar-refractivity contribution in [3.05, 3.63) is 46.4 Å². The number of hydrogen-bond acceptors (Lipinski definition) is 2. The van der Waals surface area contributed by atoms with Crippen molar-refractivity contribution in [3.8, 4) is 0 Å². The van der Waals surface area contributed by atoms with Crippen molar-refractivity contribution in [1.82, 2.24) is 14.6 Å². The Morgan fingerprint density at radius 2 is 2.13 bits per heavy atom. The second-order valence-electron chi connectivity index (χ2n) is 3.57. The van der Waals surface area contributed by atoms with Crippen LogP contribution < -0.4 is 5.56 Å². The lowest BCUT2D eigenvalue weighted by Gasteiger charge is -1.97. The first-order valence-corrected chi connectivity index (χ1v) is 4.73. The van der Waals surface area contributed by atoms with Gasteiger partial charge in [-0.1, -0.05) is 12.1 Å². The Bertz CT molecular complexity index is 708. The lowest BCUT2D eigenvalue weighted by atomic mass is 10.2. The molecule has 0 radical (unpaired) electrons. The van der Waals surface area contributed by atoms with Gasteiger partial charge in [0.2, 0.25) is 0 Å². The van der Waals surface area contributed by atoms with Gasteiger partial charge in [-0.05, 0) is 19.1 Å². The van der Waals surface area contributed by atoms with Crippen molar-refractivity contribution < 1.29 is 0 Å². The summed E-state index contributed by atoms with van der Waals surface area (Å²) >= 11 is 0. The SMILES string of the molecule is Cc1cc2nc3ccccc3c(=O)n2[nH]1. The molecule has 0 amide bonds. The summed E-state index contributed by atoms with van der Waals surface area (Å²) < 4.78 is 1.47. The fourth-order valence-electron chi connectivity index (χ4n) is 1.76. The van der Waals surface area contributed by atoms with Gasteiger partial charge in [0, 0.05) is 11.8 Å². The number of aromatic nitrogens is 3. The second kappa shape index (κ2) is 2.70. The van der Waals surface area contributed by atoms with Gasteiger partial charge in [-0.2, -0.15) is 0 Å². The second-order valence-corrected chi connectivity index (χ2v) is 3.57. The summed E-state index contributed by atoms with van der Waals surface area (Å²) in [5.41, 5.74) is 2.27. The zero-order chi connectivity index (χ0) is 10.4. The summed E-state index contributed by atoms with van der Waals surface area (Å²) in [6, 6.07) is 9.21. The van der Waals surface area contributed by atoms with Crippen LogP contribution in [0.2, 0.25) is 0 Å². The molecular weight excluding hydrogens is 190 g/mol. The minimum atomic E-state index is -0.0521. The van der Waals surface area contributed by atoms with Crippen LogP contribution in [0.3, 0.4) is 0 Å². The highest BCUT2D eigenvalue weighted by molar-refractivity contribution is 5.79. The average Bonchev–Trinajstić information content (AvgIpc) is 2.59. The highest BCUT2D eigenvalue weighted by Crippen LogP contribution is 2.08. The number of para-hydroxylation sites is 1. The van der Waals surface area contributed by atoms with Crippen LogP contribution in [0.25, 0.3) is 16.6 Å². The quantitative estimate of drug-likeness (QED) is 0.596. The molecule has 0 aliphatic rings. The van der Waals surface area contributed by atoms with Crippen molar-refractivity contribution in [3.63, 3.8) is 0 Å². The van der Waals surface area contributed by atoms with Gasteiger partial charge in [-0.3, -0.25) is 9.89 Å². The van der Waals surface area contributed by atoms with Crippen molar-refractivity contribution in [1.29, 1.82) is 0 Å². The zero-order valence-electron chi connectivity index (χ0n) is 8.19. The Morgan fingerprint density at radius 1 is 1.33 bits per heavy atom. The summed E-state index contributed by atoms with van der Waals surface area (Å²) in [4.78, 5) is 16.4. The van der Waals surface area contributed by atoms with E-state index < -0.39 is 0 Å². The van der Waals surface area contributed by atoms with Crippen molar-refractivity contribution in [2.24, 2.45) is 0 Å². The highest BCUT2D eigenvalue weighted by Gasteiger charge is 2.05. The molecule has 1 N–H and O–H groups in total. The smallest absolute Gasteiger partial charge is 0.280 e. The van der Waals surface area contributed by atoms with Crippen LogP contribution in [0.4, 0.5) is 0 Å². The molecule has 2 heterocycles. The van der Waals surface area contributed by atoms with E-state index in [1.165, 1.54) is 4.52 Å². The van der Waals surface area contributed by atoms with Crippen LogP contribution >= 0.6 is 0 Å². The van der Waals surface area contributed by atoms with Crippen LogP contribution in [-0.2, 0) is 0 Å². The molecule has 3 rings (SSSR count). The van der Waals surface area contributed by atoms with Gasteiger partial charge >= 0.3 is 0 Å². The molecule has 2 aromatic heterocycles. The molecule has 0 saturated carbocycles. The molecule has 0 saturated heterocycles. The van der Waals surface area contributed by atoms with Crippen molar-refractivity contribution >= 4 is 16.6 Å². The highest BCUT2D eigenvalue weighted by atomic mass is 16.1. The Balaban J connectivity index is 2.65. The number of H-pyrrole nitrogens is 1. The number of aryl methyl sites for hydroxylation is 1. The predicted molar refractivity (Wildman–Crippen MR) is 58.1 cm³/mol. The number of hydrogen-bond donors (Lipinski definition) is 1. The van der Waals surface area contributed by atoms with Crippen molar-refractivity contribution in [2.45, 2.75) is 6.92 Å². The van der Waals surface area contributed by atoms with E-state index in [1.54, 1.807) is 6.07 Å². The van der Waals surface area contributed by atoms with Gasteiger partial charge in [0.15, 0.2) is 5.65 Å². The Morgan fingerprint density at radius 3 is 3.00 bits per heavy atom. The maximum Gasteiger partial charge on any atom is 0.280 e. The molecule has 74 valence electrons. The number of fused-ring (bicyclic) bond motifs is 2. The van der Waals surface area contributed by atoms with E-state index in [0.717, 1.165) is 11.2 Å². The minimum absolute atomic E-state index is 0.0521. The Labute approximate surface area is 85.2 Å². The zero-order valence-corrected chi connectivity index (χ0v) is 8.19. The van der Waals surface area contributed by atoms with Gasteiger partial charge in [-0.15, -0.1) is 0 Å². The van der Waals surface area contributed by atoms with Crippen LogP contribution in [0.15, 0.2) is 35.1 Å². The van der Waals surface area contributed by atoms with E-state index in [4.69, 9.17) is 0 Å². The van der Waals surface area contributed by atoms with Gasteiger partial charge in [0.1, 0.15) is 0 Å². The third-order valence-electron chi connectivity index (χ3n) is 2.44. The number of rotatable bonds is 0. The molecule has 1 aromatic carbocycles. The Hall–Kier alpha value is -2.10. The number of aromatic amines is 1. The normalized spacial score (nSPS) is 11.3. The first kappa shape index (κ1) is 8.23. The minimum Gasteiger partial charge on any atom is -0.294 e. The topological polar surface area (TPSA) is 50.2 Å². The molecule has 15 heavy (non-hydrogen) atoms. The van der Waals surface area contributed by atoms with Crippen molar-refractivity contribution in [2.75, 3.05) is 0 Å². The van der Waals surface area contributed by atoms with E-state index in [9.17, 15) is 4.79 Å². The summed E-state index contributed by atoms with van der Waals surface area (Å²) in [5.74, 6) is 0. The summed E-state index contributed by atoms with van der Waals surface area (Å²) in [5, 5.41) is 3.60. The first-order chi connectivity index (χ1) is 7.25. The van der Waals surface area contributed by atoms with E-state index in [2.05, 4.69) is 10.1 Å².